The summed E-state index contributed by atoms with van der Waals surface area (Å²) in [5.41, 5.74) is 33.5. The zero-order valence-corrected chi connectivity index (χ0v) is 46.9. The molecule has 0 aliphatic carbocycles. The Morgan fingerprint density at radius 2 is 1.19 bits per heavy atom. The number of carbonyl (C=O) groups excluding carboxylic acids is 13. The minimum absolute atomic E-state index is 0.0215. The van der Waals surface area contributed by atoms with Gasteiger partial charge in [0, 0.05) is 56.7 Å². The molecule has 2 saturated heterocycles. The molecule has 4 rings (SSSR count). The van der Waals surface area contributed by atoms with E-state index in [1.165, 1.54) is 24.3 Å². The molecule has 2 aromatic carbocycles. The summed E-state index contributed by atoms with van der Waals surface area (Å²) in [5.74, 6) is -12.6. The van der Waals surface area contributed by atoms with Crippen molar-refractivity contribution in [2.45, 2.75) is 125 Å². The summed E-state index contributed by atoms with van der Waals surface area (Å²) in [6, 6.07) is 2.04. The molecule has 0 radical (unpaired) electrons. The van der Waals surface area contributed by atoms with Crippen molar-refractivity contribution < 1.29 is 67.4 Å². The van der Waals surface area contributed by atoms with Gasteiger partial charge in [-0.05, 0) is 61.8 Å². The molecule has 0 saturated carbocycles. The number of carbonyl (C=O) groups is 13. The minimum Gasteiger partial charge on any atom is -0.508 e. The highest BCUT2D eigenvalue weighted by atomic mass is 33.1. The van der Waals surface area contributed by atoms with Crippen LogP contribution in [0.1, 0.15) is 75.3 Å². The molecule has 8 atom stereocenters. The number of nitrogens with one attached hydrogen (secondary N) is 8. The number of nitrogens with two attached hydrogens (primary N) is 6. The predicted molar refractivity (Wildman–Crippen MR) is 303 cm³/mol. The molecule has 0 bridgehead atoms. The number of amides is 13. The molecule has 2 aliphatic rings. The number of phenolic OH excluding ortho intramolecular Hbond substituents is 1. The Kier molecular flexibility index (Phi) is 27.3. The number of nitrogens with zero attached hydrogens (tertiary/aromatic N) is 2. The van der Waals surface area contributed by atoms with Crippen LogP contribution in [0.2, 0.25) is 0 Å². The number of hydrogen-bond acceptors (Lipinski definition) is 17. The van der Waals surface area contributed by atoms with E-state index in [-0.39, 0.29) is 81.3 Å². The number of aromatic hydroxyl groups is 1. The van der Waals surface area contributed by atoms with Crippen LogP contribution in [0.3, 0.4) is 0 Å². The van der Waals surface area contributed by atoms with Crippen LogP contribution in [0.25, 0.3) is 0 Å². The summed E-state index contributed by atoms with van der Waals surface area (Å²) in [6.07, 6.45) is -2.92. The second-order valence-electron chi connectivity index (χ2n) is 19.4. The largest absolute Gasteiger partial charge is 0.508 e. The van der Waals surface area contributed by atoms with Gasteiger partial charge >= 0.3 is 0 Å². The van der Waals surface area contributed by atoms with E-state index in [4.69, 9.17) is 34.4 Å². The Bertz CT molecular complexity index is 2700. The Morgan fingerprint density at radius 1 is 0.651 bits per heavy atom. The second-order valence-corrected chi connectivity index (χ2v) is 22.0. The Labute approximate surface area is 484 Å². The average Bonchev–Trinajstić information content (AvgIpc) is 4.17. The van der Waals surface area contributed by atoms with Gasteiger partial charge < -0.3 is 86.9 Å². The molecule has 83 heavy (non-hydrogen) atoms. The first kappa shape index (κ1) is 66.8. The first-order chi connectivity index (χ1) is 39.4. The van der Waals surface area contributed by atoms with Gasteiger partial charge in [-0.25, -0.2) is 0 Å². The van der Waals surface area contributed by atoms with Gasteiger partial charge in [-0.2, -0.15) is 0 Å². The Balaban J connectivity index is 1.75. The van der Waals surface area contributed by atoms with E-state index in [2.05, 4.69) is 47.5 Å². The number of phenols is 1. The normalized spacial score (nSPS) is 21.9. The number of rotatable bonds is 22. The van der Waals surface area contributed by atoms with Crippen molar-refractivity contribution in [2.75, 3.05) is 31.1 Å². The van der Waals surface area contributed by atoms with E-state index in [0.29, 0.717) is 11.1 Å². The maximum atomic E-state index is 14.7. The van der Waals surface area contributed by atoms with Gasteiger partial charge in [-0.3, -0.25) is 67.3 Å². The monoisotopic (exact) mass is 1200 g/mol. The molecule has 0 unspecified atom stereocenters. The molecule has 13 amide bonds. The van der Waals surface area contributed by atoms with Gasteiger partial charge in [0.05, 0.1) is 13.0 Å². The lowest BCUT2D eigenvalue weighted by Gasteiger charge is -2.30. The summed E-state index contributed by atoms with van der Waals surface area (Å²) in [7, 11) is 2.07. The van der Waals surface area contributed by atoms with Crippen molar-refractivity contribution in [2.24, 2.45) is 39.4 Å². The molecule has 21 N–H and O–H groups in total. The number of hydrogen-bond donors (Lipinski definition) is 15. The van der Waals surface area contributed by atoms with Crippen LogP contribution in [0.15, 0.2) is 59.6 Å². The van der Waals surface area contributed by atoms with Crippen LogP contribution in [-0.2, 0) is 75.2 Å². The smallest absolute Gasteiger partial charge is 0.246 e. The fourth-order valence-electron chi connectivity index (χ4n) is 8.61. The number of likely N-dealkylation sites (tertiary alicyclic amines) is 1. The quantitative estimate of drug-likeness (QED) is 0.0226. The predicted octanol–water partition coefficient (Wildman–Crippen LogP) is -5.59. The number of guanidine groups is 1. The highest BCUT2D eigenvalue weighted by Gasteiger charge is 2.41. The van der Waals surface area contributed by atoms with Gasteiger partial charge in [0.25, 0.3) is 0 Å². The molecule has 2 fully saturated rings. The third-order valence-electron chi connectivity index (χ3n) is 12.8. The molecule has 452 valence electrons. The molecule has 0 aromatic heterocycles. The molecular weight excluding hydrogens is 1120 g/mol. The maximum absolute atomic E-state index is 14.7. The summed E-state index contributed by atoms with van der Waals surface area (Å²) in [5, 5.41) is 30.1. The first-order valence-corrected chi connectivity index (χ1v) is 28.8. The van der Waals surface area contributed by atoms with E-state index >= 15 is 0 Å². The van der Waals surface area contributed by atoms with Crippen LogP contribution in [0, 0.1) is 0 Å². The average molecular weight is 1200 g/mol. The summed E-state index contributed by atoms with van der Waals surface area (Å²) < 4.78 is 0. The van der Waals surface area contributed by atoms with E-state index in [1.54, 1.807) is 30.3 Å². The number of primary amides is 4. The van der Waals surface area contributed by atoms with E-state index in [1.807, 2.05) is 0 Å². The number of benzene rings is 2. The lowest BCUT2D eigenvalue weighted by molar-refractivity contribution is -0.142. The SMILES string of the molecule is NC(=O)CC[C@@H]1NC(=O)[C@H](Cc2ccccc2)NC(=O)[C@H](Cc2ccc(O)cc2)NC(=O)CCSSC[C@@H](C(=O)N2CCC[C@H]2C(=O)N[C@H](CCCN=C(N)N)C(=O)NCC(N)=O)NC(=O)[C@H](CC(N)=O)NC(=O)[C@H](CCC(N)=O)NC1=O. The molecule has 2 aliphatic heterocycles. The van der Waals surface area contributed by atoms with Crippen molar-refractivity contribution in [3.05, 3.63) is 65.7 Å². The summed E-state index contributed by atoms with van der Waals surface area (Å²) in [6.45, 7) is -0.512. The van der Waals surface area contributed by atoms with Crippen molar-refractivity contribution in [3.8, 4) is 5.75 Å². The van der Waals surface area contributed by atoms with Crippen molar-refractivity contribution >= 4 is 104 Å². The molecule has 30 nitrogen and oxygen atoms in total. The lowest BCUT2D eigenvalue weighted by Crippen LogP contribution is -2.61. The summed E-state index contributed by atoms with van der Waals surface area (Å²) in [4.78, 5) is 180. The third kappa shape index (κ3) is 23.7. The topological polar surface area (TPSA) is 510 Å². The first-order valence-electron chi connectivity index (χ1n) is 26.3. The molecule has 32 heteroatoms. The highest BCUT2D eigenvalue weighted by molar-refractivity contribution is 8.76. The van der Waals surface area contributed by atoms with Crippen LogP contribution >= 0.6 is 21.6 Å². The van der Waals surface area contributed by atoms with Crippen LogP contribution in [-0.4, -0.2) is 172 Å². The van der Waals surface area contributed by atoms with Crippen molar-refractivity contribution in [1.82, 2.24) is 47.4 Å². The van der Waals surface area contributed by atoms with E-state index < -0.39 is 164 Å². The van der Waals surface area contributed by atoms with Crippen LogP contribution in [0.4, 0.5) is 0 Å². The molecule has 0 spiro atoms. The van der Waals surface area contributed by atoms with Crippen LogP contribution in [0.5, 0.6) is 5.75 Å². The van der Waals surface area contributed by atoms with Crippen molar-refractivity contribution in [1.29, 1.82) is 0 Å². The Hall–Kier alpha value is -8.68. The summed E-state index contributed by atoms with van der Waals surface area (Å²) >= 11 is 0. The van der Waals surface area contributed by atoms with E-state index in [9.17, 15) is 67.4 Å². The van der Waals surface area contributed by atoms with Gasteiger partial charge in [-0.1, -0.05) is 64.1 Å². The molecule has 2 aromatic rings. The maximum Gasteiger partial charge on any atom is 0.246 e. The van der Waals surface area contributed by atoms with Gasteiger partial charge in [0.15, 0.2) is 5.96 Å². The van der Waals surface area contributed by atoms with Gasteiger partial charge in [0.1, 0.15) is 54.1 Å². The molecular formula is C51H72N16O14S2. The fraction of sp³-hybridized carbons (Fsp3) is 0.490. The van der Waals surface area contributed by atoms with Crippen molar-refractivity contribution in [3.63, 3.8) is 0 Å². The van der Waals surface area contributed by atoms with E-state index in [0.717, 1.165) is 26.5 Å². The zero-order chi connectivity index (χ0) is 61.2. The number of aliphatic imine (C=N–C) groups is 1. The Morgan fingerprint density at radius 3 is 1.76 bits per heavy atom. The van der Waals surface area contributed by atoms with Gasteiger partial charge in [0.2, 0.25) is 76.8 Å². The zero-order valence-electron chi connectivity index (χ0n) is 45.3. The van der Waals surface area contributed by atoms with Gasteiger partial charge in [-0.15, -0.1) is 0 Å². The minimum atomic E-state index is -1.87. The molecule has 2 heterocycles. The fourth-order valence-corrected chi connectivity index (χ4v) is 10.8. The van der Waals surface area contributed by atoms with Crippen LogP contribution < -0.4 is 76.9 Å². The highest BCUT2D eigenvalue weighted by Crippen LogP contribution is 2.26. The standard InChI is InChI=1S/C51H72N16O14S2/c52-38(69)16-14-31-44(75)61-32(15-17-39(53)70)45(76)65-35(24-40(54)71)48(79)66-36(50(81)67-20-5-9-37(67)49(80)63-30(8-4-19-58-51(56)57)43(74)59-25-41(55)72)26-83-82-21-18-42(73)60-33(23-28-10-12-29(68)13-11-28)46(77)64-34(47(78)62-31)22-27-6-2-1-3-7-27/h1-3,6-7,10-13,30-37,68H,4-5,8-9,14-26H2,(H2,52,69)(H2,53,70)(H2,54,71)(H2,55,72)(H,59,74)(H,60,73)(H,61,75)(H,62,78)(H,63,80)(H,64,77)(H,65,76)(H,66,79)(H4,56,57,58)/t30-,31+,32+,33+,34+,35+,36+,37+/m1/s1. The second kappa shape index (κ2) is 33.9. The third-order valence-corrected chi connectivity index (χ3v) is 15.2. The lowest BCUT2D eigenvalue weighted by atomic mass is 10.0.